The molecule has 0 spiro atoms. The Morgan fingerprint density at radius 2 is 0.758 bits per heavy atom. The first-order chi connectivity index (χ1) is 32.7. The number of anilines is 6. The molecule has 0 saturated carbocycles. The summed E-state index contributed by atoms with van der Waals surface area (Å²) in [5.74, 6) is 0. The van der Waals surface area contributed by atoms with E-state index in [1.807, 2.05) is 23.5 Å². The standard InChI is InChI=1S/C62H38N2S2/c1-38-44-17-4-5-18-46(44)61-45(38)19-14-20-49(61)62-48-34-32-42(63-52-21-6-10-25-56(52)65-57-26-11-7-22-53(57)63)36-50(48)60(41-30-29-39-15-2-3-16-40(39)35-41)47-33-31-43(37-51(47)62)64-54-23-8-12-27-58(54)66-59-28-13-9-24-55(59)64/h2-37H,1H2. The van der Waals surface area contributed by atoms with Gasteiger partial charge in [0.25, 0.3) is 0 Å². The summed E-state index contributed by atoms with van der Waals surface area (Å²) < 4.78 is 0. The number of benzene rings is 11. The van der Waals surface area contributed by atoms with Crippen LogP contribution in [0.25, 0.3) is 71.3 Å². The summed E-state index contributed by atoms with van der Waals surface area (Å²) in [5.41, 5.74) is 17.8. The highest BCUT2D eigenvalue weighted by Crippen LogP contribution is 2.57. The van der Waals surface area contributed by atoms with Gasteiger partial charge in [-0.3, -0.25) is 0 Å². The Morgan fingerprint density at radius 1 is 0.303 bits per heavy atom. The van der Waals surface area contributed by atoms with Gasteiger partial charge in [-0.25, -0.2) is 0 Å². The van der Waals surface area contributed by atoms with Gasteiger partial charge in [0.05, 0.1) is 22.7 Å². The van der Waals surface area contributed by atoms with E-state index in [2.05, 4.69) is 235 Å². The fraction of sp³-hybridized carbons (Fsp3) is 0. The summed E-state index contributed by atoms with van der Waals surface area (Å²) in [5, 5.41) is 7.28. The topological polar surface area (TPSA) is 6.48 Å². The van der Waals surface area contributed by atoms with E-state index in [4.69, 9.17) is 0 Å². The molecule has 0 unspecified atom stereocenters. The van der Waals surface area contributed by atoms with Crippen molar-refractivity contribution in [2.75, 3.05) is 9.80 Å². The lowest BCUT2D eigenvalue weighted by molar-refractivity contribution is 1.17. The molecular weight excluding hydrogens is 837 g/mol. The highest BCUT2D eigenvalue weighted by atomic mass is 32.2. The third kappa shape index (κ3) is 5.59. The fourth-order valence-electron chi connectivity index (χ4n) is 10.8. The second-order valence-corrected chi connectivity index (χ2v) is 19.4. The minimum atomic E-state index is 1.08. The van der Waals surface area contributed by atoms with Gasteiger partial charge < -0.3 is 9.80 Å². The third-order valence-corrected chi connectivity index (χ3v) is 15.9. The number of para-hydroxylation sites is 4. The number of rotatable bonds is 4. The molecule has 0 N–H and O–H groups in total. The molecule has 0 atom stereocenters. The second-order valence-electron chi connectivity index (χ2n) is 17.3. The van der Waals surface area contributed by atoms with Crippen LogP contribution in [0.1, 0.15) is 11.1 Å². The highest BCUT2D eigenvalue weighted by molar-refractivity contribution is 8.00. The van der Waals surface area contributed by atoms with Gasteiger partial charge >= 0.3 is 0 Å². The SMILES string of the molecule is C=C1c2ccccc2-c2c1cccc2-c1c2ccc(N3c4ccccc4Sc4ccccc43)cc2c(-c2ccc3ccccc3c2)c2ccc(N3c4ccccc4Sc4ccccc43)cc12. The molecule has 1 aliphatic carbocycles. The zero-order valence-corrected chi connectivity index (χ0v) is 37.3. The van der Waals surface area contributed by atoms with E-state index in [9.17, 15) is 0 Å². The largest absolute Gasteiger partial charge is 0.308 e. The first-order valence-corrected chi connectivity index (χ1v) is 24.1. The Hall–Kier alpha value is -7.76. The van der Waals surface area contributed by atoms with Crippen LogP contribution in [0.2, 0.25) is 0 Å². The quantitative estimate of drug-likeness (QED) is 0.162. The Kier molecular flexibility index (Phi) is 8.33. The van der Waals surface area contributed by atoms with Crippen molar-refractivity contribution in [3.05, 3.63) is 236 Å². The monoisotopic (exact) mass is 874 g/mol. The summed E-state index contributed by atoms with van der Waals surface area (Å²) in [6, 6.07) is 81.0. The molecule has 2 nitrogen and oxygen atoms in total. The molecule has 2 heterocycles. The van der Waals surface area contributed by atoms with Gasteiger partial charge in [-0.15, -0.1) is 0 Å². The van der Waals surface area contributed by atoms with Crippen molar-refractivity contribution in [3.8, 4) is 33.4 Å². The lowest BCUT2D eigenvalue weighted by Gasteiger charge is -2.34. The van der Waals surface area contributed by atoms with Gasteiger partial charge in [0.2, 0.25) is 0 Å². The minimum Gasteiger partial charge on any atom is -0.308 e. The smallest absolute Gasteiger partial charge is 0.0601 e. The molecule has 4 heteroatoms. The molecule has 0 bridgehead atoms. The molecule has 2 aliphatic heterocycles. The molecule has 0 radical (unpaired) electrons. The summed E-state index contributed by atoms with van der Waals surface area (Å²) >= 11 is 3.69. The van der Waals surface area contributed by atoms with Crippen LogP contribution in [0.15, 0.2) is 245 Å². The summed E-state index contributed by atoms with van der Waals surface area (Å²) in [6.45, 7) is 4.68. The van der Waals surface area contributed by atoms with Gasteiger partial charge in [0.1, 0.15) is 0 Å². The maximum absolute atomic E-state index is 4.68. The van der Waals surface area contributed by atoms with Crippen molar-refractivity contribution >= 4 is 95.5 Å². The average Bonchev–Trinajstić information content (AvgIpc) is 3.67. The van der Waals surface area contributed by atoms with Crippen molar-refractivity contribution < 1.29 is 0 Å². The van der Waals surface area contributed by atoms with Gasteiger partial charge in [-0.05, 0) is 161 Å². The lowest BCUT2D eigenvalue weighted by atomic mass is 9.83. The molecule has 11 aromatic rings. The van der Waals surface area contributed by atoms with Crippen LogP contribution >= 0.6 is 23.5 Å². The molecule has 0 amide bonds. The van der Waals surface area contributed by atoms with Crippen molar-refractivity contribution in [2.24, 2.45) is 0 Å². The van der Waals surface area contributed by atoms with E-state index in [1.165, 1.54) is 119 Å². The maximum Gasteiger partial charge on any atom is 0.0601 e. The van der Waals surface area contributed by atoms with E-state index < -0.39 is 0 Å². The number of fused-ring (bicyclic) bond motifs is 10. The van der Waals surface area contributed by atoms with Gasteiger partial charge in [-0.1, -0.05) is 170 Å². The Morgan fingerprint density at radius 3 is 1.35 bits per heavy atom. The van der Waals surface area contributed by atoms with Crippen LogP contribution in [-0.2, 0) is 0 Å². The van der Waals surface area contributed by atoms with E-state index in [1.54, 1.807) is 0 Å². The molecule has 308 valence electrons. The van der Waals surface area contributed by atoms with Crippen LogP contribution in [0, 0.1) is 0 Å². The Balaban J connectivity index is 1.13. The first-order valence-electron chi connectivity index (χ1n) is 22.4. The number of hydrogen-bond donors (Lipinski definition) is 0. The first kappa shape index (κ1) is 37.6. The molecule has 3 aliphatic rings. The Bertz CT molecular complexity index is 3790. The minimum absolute atomic E-state index is 1.08. The lowest BCUT2D eigenvalue weighted by Crippen LogP contribution is -2.15. The molecule has 0 fully saturated rings. The molecule has 14 rings (SSSR count). The van der Waals surface area contributed by atoms with Gasteiger partial charge in [0.15, 0.2) is 0 Å². The van der Waals surface area contributed by atoms with Gasteiger partial charge in [0, 0.05) is 31.0 Å². The predicted molar refractivity (Wildman–Crippen MR) is 281 cm³/mol. The van der Waals surface area contributed by atoms with Crippen molar-refractivity contribution in [2.45, 2.75) is 19.6 Å². The summed E-state index contributed by atoms with van der Waals surface area (Å²) in [4.78, 5) is 9.90. The van der Waals surface area contributed by atoms with Crippen molar-refractivity contribution in [1.82, 2.24) is 0 Å². The van der Waals surface area contributed by atoms with Crippen LogP contribution in [-0.4, -0.2) is 0 Å². The number of hydrogen-bond acceptors (Lipinski definition) is 4. The summed E-state index contributed by atoms with van der Waals surface area (Å²) in [7, 11) is 0. The van der Waals surface area contributed by atoms with Gasteiger partial charge in [-0.2, -0.15) is 0 Å². The molecule has 0 aromatic heterocycles. The van der Waals surface area contributed by atoms with Crippen LogP contribution in [0.5, 0.6) is 0 Å². The van der Waals surface area contributed by atoms with Crippen LogP contribution in [0.4, 0.5) is 34.1 Å². The van der Waals surface area contributed by atoms with Crippen molar-refractivity contribution in [3.63, 3.8) is 0 Å². The second kappa shape index (κ2) is 14.6. The van der Waals surface area contributed by atoms with E-state index in [0.717, 1.165) is 16.9 Å². The molecule has 66 heavy (non-hydrogen) atoms. The van der Waals surface area contributed by atoms with E-state index >= 15 is 0 Å². The highest BCUT2D eigenvalue weighted by Gasteiger charge is 2.31. The fourth-order valence-corrected chi connectivity index (χ4v) is 12.9. The van der Waals surface area contributed by atoms with Crippen molar-refractivity contribution in [1.29, 1.82) is 0 Å². The molecule has 0 saturated heterocycles. The zero-order chi connectivity index (χ0) is 43.5. The normalized spacial score (nSPS) is 13.3. The van der Waals surface area contributed by atoms with Crippen LogP contribution in [0.3, 0.4) is 0 Å². The third-order valence-electron chi connectivity index (χ3n) is 13.7. The van der Waals surface area contributed by atoms with Crippen LogP contribution < -0.4 is 9.80 Å². The summed E-state index contributed by atoms with van der Waals surface area (Å²) in [6.07, 6.45) is 0. The zero-order valence-electron chi connectivity index (χ0n) is 35.7. The van der Waals surface area contributed by atoms with E-state index in [0.29, 0.717) is 0 Å². The average molecular weight is 875 g/mol. The predicted octanol–water partition coefficient (Wildman–Crippen LogP) is 18.4. The molecule has 11 aromatic carbocycles. The van der Waals surface area contributed by atoms with E-state index in [-0.39, 0.29) is 0 Å². The maximum atomic E-state index is 4.68. The Labute approximate surface area is 392 Å². The molecular formula is C62H38N2S2. The number of nitrogens with zero attached hydrogens (tertiary/aromatic N) is 2.